The number of hydrogen-bond donors (Lipinski definition) is 1. The van der Waals surface area contributed by atoms with Crippen LogP contribution in [0.5, 0.6) is 0 Å². The normalized spacial score (nSPS) is 47.4. The maximum atomic E-state index is 11.4. The van der Waals surface area contributed by atoms with Crippen molar-refractivity contribution in [2.45, 2.75) is 58.2 Å². The topological polar surface area (TPSA) is 46.5 Å². The molecular formula is C15H24O3. The fourth-order valence-corrected chi connectivity index (χ4v) is 4.25. The summed E-state index contributed by atoms with van der Waals surface area (Å²) in [7, 11) is 0. The van der Waals surface area contributed by atoms with Crippen LogP contribution in [0.1, 0.15) is 46.5 Å². The molecule has 0 aromatic heterocycles. The third kappa shape index (κ3) is 2.33. The molecule has 2 saturated carbocycles. The van der Waals surface area contributed by atoms with Crippen molar-refractivity contribution in [3.8, 4) is 0 Å². The van der Waals surface area contributed by atoms with Crippen molar-refractivity contribution >= 4 is 5.97 Å². The van der Waals surface area contributed by atoms with Crippen LogP contribution < -0.4 is 0 Å². The largest absolute Gasteiger partial charge is 0.459 e. The molecule has 102 valence electrons. The molecule has 2 aliphatic carbocycles. The van der Waals surface area contributed by atoms with Gasteiger partial charge in [0.1, 0.15) is 6.10 Å². The molecule has 5 unspecified atom stereocenters. The Labute approximate surface area is 109 Å². The Morgan fingerprint density at radius 1 is 1.39 bits per heavy atom. The second-order valence-electron chi connectivity index (χ2n) is 6.78. The van der Waals surface area contributed by atoms with Crippen LogP contribution in [0.3, 0.4) is 0 Å². The Morgan fingerprint density at radius 2 is 2.06 bits per heavy atom. The number of hydrogen-bond acceptors (Lipinski definition) is 3. The van der Waals surface area contributed by atoms with Gasteiger partial charge in [-0.3, -0.25) is 0 Å². The molecule has 0 saturated heterocycles. The first kappa shape index (κ1) is 13.6. The summed E-state index contributed by atoms with van der Waals surface area (Å²) in [6, 6.07) is 0. The first-order valence-corrected chi connectivity index (χ1v) is 6.83. The molecule has 0 aliphatic heterocycles. The summed E-state index contributed by atoms with van der Waals surface area (Å²) < 4.78 is 5.44. The van der Waals surface area contributed by atoms with Crippen molar-refractivity contribution in [1.82, 2.24) is 0 Å². The molecule has 2 rings (SSSR count). The lowest BCUT2D eigenvalue weighted by Crippen LogP contribution is -2.57. The first-order valence-electron chi connectivity index (χ1n) is 6.83. The van der Waals surface area contributed by atoms with Crippen molar-refractivity contribution in [2.24, 2.45) is 17.3 Å². The summed E-state index contributed by atoms with van der Waals surface area (Å²) in [6.45, 7) is 9.83. The van der Waals surface area contributed by atoms with Crippen molar-refractivity contribution in [3.63, 3.8) is 0 Å². The highest BCUT2D eigenvalue weighted by Crippen LogP contribution is 2.55. The zero-order valence-corrected chi connectivity index (χ0v) is 11.6. The molecule has 5 atom stereocenters. The number of carbonyl (C=O) groups excluding carboxylic acids is 1. The van der Waals surface area contributed by atoms with E-state index >= 15 is 0 Å². The van der Waals surface area contributed by atoms with E-state index in [9.17, 15) is 9.90 Å². The van der Waals surface area contributed by atoms with E-state index < -0.39 is 5.60 Å². The smallest absolute Gasteiger partial charge is 0.330 e. The minimum Gasteiger partial charge on any atom is -0.459 e. The van der Waals surface area contributed by atoms with E-state index in [1.165, 1.54) is 6.08 Å². The van der Waals surface area contributed by atoms with Crippen LogP contribution in [0.2, 0.25) is 0 Å². The summed E-state index contributed by atoms with van der Waals surface area (Å²) in [5.41, 5.74) is -0.595. The van der Waals surface area contributed by atoms with Crippen LogP contribution in [-0.2, 0) is 9.53 Å². The van der Waals surface area contributed by atoms with Gasteiger partial charge in [-0.1, -0.05) is 27.4 Å². The minimum absolute atomic E-state index is 0.00257. The lowest BCUT2D eigenvalue weighted by molar-refractivity contribution is -0.191. The van der Waals surface area contributed by atoms with Crippen LogP contribution in [0.25, 0.3) is 0 Å². The molecule has 0 radical (unpaired) electrons. The molecule has 18 heavy (non-hydrogen) atoms. The maximum absolute atomic E-state index is 11.4. The Kier molecular flexibility index (Phi) is 3.30. The summed E-state index contributed by atoms with van der Waals surface area (Å²) in [4.78, 5) is 11.4. The third-order valence-corrected chi connectivity index (χ3v) is 4.81. The lowest BCUT2D eigenvalue weighted by atomic mass is 9.54. The van der Waals surface area contributed by atoms with Crippen molar-refractivity contribution in [2.75, 3.05) is 0 Å². The van der Waals surface area contributed by atoms with Gasteiger partial charge in [-0.05, 0) is 37.0 Å². The van der Waals surface area contributed by atoms with Gasteiger partial charge in [0, 0.05) is 12.0 Å². The van der Waals surface area contributed by atoms with E-state index in [-0.39, 0.29) is 23.4 Å². The van der Waals surface area contributed by atoms with Crippen LogP contribution in [0.15, 0.2) is 12.7 Å². The van der Waals surface area contributed by atoms with Gasteiger partial charge < -0.3 is 9.84 Å². The van der Waals surface area contributed by atoms with E-state index in [0.717, 1.165) is 25.7 Å². The summed E-state index contributed by atoms with van der Waals surface area (Å²) in [5, 5.41) is 10.8. The molecule has 1 N–H and O–H groups in total. The molecule has 0 amide bonds. The monoisotopic (exact) mass is 252 g/mol. The molecule has 2 fully saturated rings. The lowest BCUT2D eigenvalue weighted by Gasteiger charge is -2.55. The molecule has 0 heterocycles. The number of fused-ring (bicyclic) bond motifs is 2. The Bertz CT molecular complexity index is 365. The van der Waals surface area contributed by atoms with Gasteiger partial charge in [0.15, 0.2) is 0 Å². The highest BCUT2D eigenvalue weighted by molar-refractivity contribution is 5.81. The predicted molar refractivity (Wildman–Crippen MR) is 69.9 cm³/mol. The molecule has 3 heteroatoms. The SMILES string of the molecule is C=CC(=O)OC1CC2(C)CC(C)CC(O)(C2)C1C. The number of esters is 1. The highest BCUT2D eigenvalue weighted by Gasteiger charge is 2.55. The van der Waals surface area contributed by atoms with Crippen LogP contribution in [0.4, 0.5) is 0 Å². The molecule has 0 spiro atoms. The zero-order valence-electron chi connectivity index (χ0n) is 11.6. The molecule has 0 aromatic carbocycles. The van der Waals surface area contributed by atoms with Gasteiger partial charge in [0.2, 0.25) is 0 Å². The molecular weight excluding hydrogens is 228 g/mol. The van der Waals surface area contributed by atoms with Crippen molar-refractivity contribution in [3.05, 3.63) is 12.7 Å². The van der Waals surface area contributed by atoms with Gasteiger partial charge in [-0.2, -0.15) is 0 Å². The Morgan fingerprint density at radius 3 is 2.67 bits per heavy atom. The average Bonchev–Trinajstić information content (AvgIpc) is 2.23. The van der Waals surface area contributed by atoms with Crippen molar-refractivity contribution < 1.29 is 14.6 Å². The second-order valence-corrected chi connectivity index (χ2v) is 6.78. The first-order chi connectivity index (χ1) is 8.28. The van der Waals surface area contributed by atoms with Gasteiger partial charge in [-0.25, -0.2) is 4.79 Å². The molecule has 0 aromatic rings. The average molecular weight is 252 g/mol. The minimum atomic E-state index is -0.684. The number of ether oxygens (including phenoxy) is 1. The summed E-state index contributed by atoms with van der Waals surface area (Å²) in [5.74, 6) is 0.150. The molecule has 2 aliphatic rings. The third-order valence-electron chi connectivity index (χ3n) is 4.81. The second kappa shape index (κ2) is 4.37. The van der Waals surface area contributed by atoms with Gasteiger partial charge in [0.25, 0.3) is 0 Å². The van der Waals surface area contributed by atoms with Crippen LogP contribution in [-0.4, -0.2) is 22.8 Å². The van der Waals surface area contributed by atoms with E-state index in [0.29, 0.717) is 5.92 Å². The van der Waals surface area contributed by atoms with Crippen molar-refractivity contribution in [1.29, 1.82) is 0 Å². The van der Waals surface area contributed by atoms with Crippen LogP contribution in [0, 0.1) is 17.3 Å². The Hall–Kier alpha value is -0.830. The van der Waals surface area contributed by atoms with E-state index in [1.807, 2.05) is 6.92 Å². The Balaban J connectivity index is 2.21. The number of aliphatic hydroxyl groups is 1. The van der Waals surface area contributed by atoms with E-state index in [2.05, 4.69) is 20.4 Å². The quantitative estimate of drug-likeness (QED) is 0.607. The molecule has 3 nitrogen and oxygen atoms in total. The maximum Gasteiger partial charge on any atom is 0.330 e. The fraction of sp³-hybridized carbons (Fsp3) is 0.800. The van der Waals surface area contributed by atoms with Crippen LogP contribution >= 0.6 is 0 Å². The van der Waals surface area contributed by atoms with Gasteiger partial charge in [-0.15, -0.1) is 0 Å². The summed E-state index contributed by atoms with van der Waals surface area (Å²) >= 11 is 0. The zero-order chi connectivity index (χ0) is 13.6. The van der Waals surface area contributed by atoms with E-state index in [4.69, 9.17) is 4.74 Å². The summed E-state index contributed by atoms with van der Waals surface area (Å²) in [6.07, 6.45) is 4.60. The number of rotatable bonds is 2. The van der Waals surface area contributed by atoms with Gasteiger partial charge in [0.05, 0.1) is 5.60 Å². The number of carbonyl (C=O) groups is 1. The molecule has 2 bridgehead atoms. The predicted octanol–water partition coefficient (Wildman–Crippen LogP) is 2.68. The standard InChI is InChI=1S/C15H24O3/c1-5-13(16)18-12-8-14(4)6-10(2)7-15(17,9-14)11(12)3/h5,10-12,17H,1,6-9H2,2-4H3. The fourth-order valence-electron chi connectivity index (χ4n) is 4.25. The van der Waals surface area contributed by atoms with Gasteiger partial charge >= 0.3 is 5.97 Å². The highest BCUT2D eigenvalue weighted by atomic mass is 16.5. The van der Waals surface area contributed by atoms with E-state index in [1.54, 1.807) is 0 Å².